The first-order valence-corrected chi connectivity index (χ1v) is 10.3. The molecular weight excluding hydrogens is 352 g/mol. The van der Waals surface area contributed by atoms with Crippen LogP contribution in [0.1, 0.15) is 42.2 Å². The van der Waals surface area contributed by atoms with E-state index in [-0.39, 0.29) is 17.7 Å². The Morgan fingerprint density at radius 1 is 1.07 bits per heavy atom. The molecule has 3 aromatic rings. The van der Waals surface area contributed by atoms with E-state index in [1.807, 2.05) is 48.5 Å². The highest BCUT2D eigenvalue weighted by atomic mass is 32.1. The summed E-state index contributed by atoms with van der Waals surface area (Å²) < 4.78 is 1.20. The van der Waals surface area contributed by atoms with Crippen LogP contribution in [0.25, 0.3) is 10.2 Å². The van der Waals surface area contributed by atoms with Crippen molar-refractivity contribution in [3.8, 4) is 11.8 Å². The van der Waals surface area contributed by atoms with Gasteiger partial charge in [-0.1, -0.05) is 55.0 Å². The molecule has 1 aliphatic carbocycles. The van der Waals surface area contributed by atoms with E-state index in [1.54, 1.807) is 11.3 Å². The second-order valence-electron chi connectivity index (χ2n) is 6.90. The van der Waals surface area contributed by atoms with E-state index in [4.69, 9.17) is 4.98 Å². The van der Waals surface area contributed by atoms with Crippen molar-refractivity contribution < 1.29 is 4.79 Å². The van der Waals surface area contributed by atoms with Crippen molar-refractivity contribution >= 4 is 27.5 Å². The molecule has 136 valence electrons. The van der Waals surface area contributed by atoms with Crippen LogP contribution >= 0.6 is 11.3 Å². The number of rotatable bonds is 3. The molecule has 4 heteroatoms. The zero-order chi connectivity index (χ0) is 18.5. The van der Waals surface area contributed by atoms with Gasteiger partial charge in [-0.3, -0.25) is 4.79 Å². The maximum atomic E-state index is 12.8. The molecule has 27 heavy (non-hydrogen) atoms. The first kappa shape index (κ1) is 17.8. The standard InChI is InChI=1S/C23H22N2OS/c26-22(24-16-8-11-17-9-2-1-3-10-17)18-12-4-5-13-19(18)23-25-20-14-6-7-15-21(20)27-23/h1-3,6-7,9-10,14-15,18-19H,4-5,12-13,16H2,(H,24,26). The smallest absolute Gasteiger partial charge is 0.224 e. The molecule has 1 heterocycles. The lowest BCUT2D eigenvalue weighted by Crippen LogP contribution is -2.36. The van der Waals surface area contributed by atoms with Crippen LogP contribution in [0, 0.1) is 17.8 Å². The third kappa shape index (κ3) is 4.20. The summed E-state index contributed by atoms with van der Waals surface area (Å²) in [5.41, 5.74) is 2.01. The van der Waals surface area contributed by atoms with Gasteiger partial charge in [0.15, 0.2) is 0 Å². The summed E-state index contributed by atoms with van der Waals surface area (Å²) in [5, 5.41) is 4.12. The van der Waals surface area contributed by atoms with Crippen LogP contribution in [0.5, 0.6) is 0 Å². The van der Waals surface area contributed by atoms with E-state index >= 15 is 0 Å². The van der Waals surface area contributed by atoms with Crippen LogP contribution in [-0.4, -0.2) is 17.4 Å². The predicted octanol–water partition coefficient (Wildman–Crippen LogP) is 4.74. The summed E-state index contributed by atoms with van der Waals surface area (Å²) in [6.07, 6.45) is 4.24. The van der Waals surface area contributed by atoms with Crippen molar-refractivity contribution in [1.29, 1.82) is 0 Å². The molecule has 1 aromatic heterocycles. The number of fused-ring (bicyclic) bond motifs is 1. The Kier molecular flexibility index (Phi) is 5.50. The molecular formula is C23H22N2OS. The first-order chi connectivity index (χ1) is 13.3. The summed E-state index contributed by atoms with van der Waals surface area (Å²) >= 11 is 1.73. The highest BCUT2D eigenvalue weighted by Gasteiger charge is 2.33. The maximum absolute atomic E-state index is 12.8. The van der Waals surface area contributed by atoms with Crippen LogP contribution in [0.4, 0.5) is 0 Å². The second-order valence-corrected chi connectivity index (χ2v) is 7.97. The molecule has 0 bridgehead atoms. The Balaban J connectivity index is 1.44. The largest absolute Gasteiger partial charge is 0.345 e. The van der Waals surface area contributed by atoms with Crippen molar-refractivity contribution in [2.45, 2.75) is 31.6 Å². The number of hydrogen-bond donors (Lipinski definition) is 1. The molecule has 2 unspecified atom stereocenters. The monoisotopic (exact) mass is 374 g/mol. The van der Waals surface area contributed by atoms with E-state index in [9.17, 15) is 4.79 Å². The molecule has 0 saturated heterocycles. The van der Waals surface area contributed by atoms with E-state index < -0.39 is 0 Å². The van der Waals surface area contributed by atoms with Gasteiger partial charge in [-0.15, -0.1) is 11.3 Å². The highest BCUT2D eigenvalue weighted by molar-refractivity contribution is 7.18. The quantitative estimate of drug-likeness (QED) is 0.673. The number of thiazole rings is 1. The molecule has 3 nitrogen and oxygen atoms in total. The normalized spacial score (nSPS) is 19.3. The topological polar surface area (TPSA) is 42.0 Å². The minimum absolute atomic E-state index is 0.00200. The van der Waals surface area contributed by atoms with E-state index in [0.717, 1.165) is 41.8 Å². The summed E-state index contributed by atoms with van der Waals surface area (Å²) in [6.45, 7) is 0.386. The molecule has 0 spiro atoms. The predicted molar refractivity (Wildman–Crippen MR) is 111 cm³/mol. The molecule has 4 rings (SSSR count). The SMILES string of the molecule is O=C(NCC#Cc1ccccc1)C1CCCCC1c1nc2ccccc2s1. The Hall–Kier alpha value is -2.64. The first-order valence-electron chi connectivity index (χ1n) is 9.48. The fraction of sp³-hybridized carbons (Fsp3) is 0.304. The molecule has 2 aromatic carbocycles. The Labute approximate surface area is 163 Å². The van der Waals surface area contributed by atoms with E-state index in [1.165, 1.54) is 4.70 Å². The molecule has 1 N–H and O–H groups in total. The van der Waals surface area contributed by atoms with E-state index in [2.05, 4.69) is 23.2 Å². The number of nitrogens with one attached hydrogen (secondary N) is 1. The molecule has 0 aliphatic heterocycles. The zero-order valence-corrected chi connectivity index (χ0v) is 16.0. The third-order valence-corrected chi connectivity index (χ3v) is 6.26. The van der Waals surface area contributed by atoms with Crippen LogP contribution in [0.2, 0.25) is 0 Å². The number of nitrogens with zero attached hydrogens (tertiary/aromatic N) is 1. The van der Waals surface area contributed by atoms with Gasteiger partial charge in [0, 0.05) is 17.4 Å². The van der Waals surface area contributed by atoms with Crippen molar-refractivity contribution in [2.75, 3.05) is 6.54 Å². The van der Waals surface area contributed by atoms with Gasteiger partial charge < -0.3 is 5.32 Å². The number of amides is 1. The second kappa shape index (κ2) is 8.37. The zero-order valence-electron chi connectivity index (χ0n) is 15.2. The average Bonchev–Trinajstić information content (AvgIpc) is 3.16. The molecule has 1 saturated carbocycles. The molecule has 1 aliphatic rings. The third-order valence-electron chi connectivity index (χ3n) is 5.09. The van der Waals surface area contributed by atoms with Gasteiger partial charge in [0.05, 0.1) is 21.8 Å². The van der Waals surface area contributed by atoms with Crippen LogP contribution in [0.15, 0.2) is 54.6 Å². The van der Waals surface area contributed by atoms with Gasteiger partial charge in [0.25, 0.3) is 0 Å². The molecule has 1 fully saturated rings. The summed E-state index contributed by atoms with van der Waals surface area (Å²) in [6, 6.07) is 18.1. The number of aromatic nitrogens is 1. The number of benzene rings is 2. The van der Waals surface area contributed by atoms with E-state index in [0.29, 0.717) is 6.54 Å². The van der Waals surface area contributed by atoms with Gasteiger partial charge in [-0.05, 0) is 37.1 Å². The minimum Gasteiger partial charge on any atom is -0.345 e. The van der Waals surface area contributed by atoms with Crippen molar-refractivity contribution in [3.63, 3.8) is 0 Å². The molecule has 2 atom stereocenters. The van der Waals surface area contributed by atoms with Crippen LogP contribution < -0.4 is 5.32 Å². The summed E-state index contributed by atoms with van der Waals surface area (Å²) in [5.74, 6) is 6.47. The van der Waals surface area contributed by atoms with Crippen molar-refractivity contribution in [2.24, 2.45) is 5.92 Å². The lowest BCUT2D eigenvalue weighted by Gasteiger charge is -2.28. The lowest BCUT2D eigenvalue weighted by atomic mass is 9.79. The maximum Gasteiger partial charge on any atom is 0.224 e. The van der Waals surface area contributed by atoms with Gasteiger partial charge in [-0.2, -0.15) is 0 Å². The minimum atomic E-state index is -0.00200. The Morgan fingerprint density at radius 3 is 2.70 bits per heavy atom. The number of hydrogen-bond acceptors (Lipinski definition) is 3. The van der Waals surface area contributed by atoms with Gasteiger partial charge in [0.1, 0.15) is 0 Å². The molecule has 0 radical (unpaired) electrons. The lowest BCUT2D eigenvalue weighted by molar-refractivity contribution is -0.126. The number of carbonyl (C=O) groups is 1. The fourth-order valence-electron chi connectivity index (χ4n) is 3.72. The fourth-order valence-corrected chi connectivity index (χ4v) is 4.89. The highest BCUT2D eigenvalue weighted by Crippen LogP contribution is 2.40. The van der Waals surface area contributed by atoms with Gasteiger partial charge in [0.2, 0.25) is 5.91 Å². The van der Waals surface area contributed by atoms with Crippen molar-refractivity contribution in [1.82, 2.24) is 10.3 Å². The van der Waals surface area contributed by atoms with Gasteiger partial charge in [-0.25, -0.2) is 4.98 Å². The Bertz CT molecular complexity index is 951. The molecule has 1 amide bonds. The Morgan fingerprint density at radius 2 is 1.85 bits per heavy atom. The van der Waals surface area contributed by atoms with Crippen molar-refractivity contribution in [3.05, 3.63) is 65.2 Å². The number of carbonyl (C=O) groups excluding carboxylic acids is 1. The van der Waals surface area contributed by atoms with Gasteiger partial charge >= 0.3 is 0 Å². The summed E-state index contributed by atoms with van der Waals surface area (Å²) in [4.78, 5) is 17.6. The number of para-hydroxylation sites is 1. The van der Waals surface area contributed by atoms with Crippen LogP contribution in [0.3, 0.4) is 0 Å². The van der Waals surface area contributed by atoms with Crippen LogP contribution in [-0.2, 0) is 4.79 Å². The summed E-state index contributed by atoms with van der Waals surface area (Å²) in [7, 11) is 0. The average molecular weight is 375 g/mol.